The third kappa shape index (κ3) is 7.82. The predicted molar refractivity (Wildman–Crippen MR) is 92.4 cm³/mol. The molecule has 2 heteroatoms. The van der Waals surface area contributed by atoms with Gasteiger partial charge < -0.3 is 10.4 Å². The minimum atomic E-state index is -0.605. The van der Waals surface area contributed by atoms with Crippen LogP contribution in [0, 0.1) is 11.8 Å². The quantitative estimate of drug-likeness (QED) is 0.693. The summed E-state index contributed by atoms with van der Waals surface area (Å²) in [5.41, 5.74) is 2.44. The molecule has 0 heterocycles. The van der Waals surface area contributed by atoms with Crippen LogP contribution in [0.3, 0.4) is 0 Å². The van der Waals surface area contributed by atoms with E-state index >= 15 is 0 Å². The van der Waals surface area contributed by atoms with Crippen molar-refractivity contribution in [2.75, 3.05) is 6.54 Å². The summed E-state index contributed by atoms with van der Waals surface area (Å²) in [5, 5.41) is 13.8. The van der Waals surface area contributed by atoms with Crippen LogP contribution in [0.1, 0.15) is 67.2 Å². The van der Waals surface area contributed by atoms with Crippen LogP contribution < -0.4 is 5.32 Å². The summed E-state index contributed by atoms with van der Waals surface area (Å²) < 4.78 is 0. The first-order chi connectivity index (χ1) is 9.67. The largest absolute Gasteiger partial charge is 0.390 e. The Morgan fingerprint density at radius 1 is 1.19 bits per heavy atom. The Kier molecular flexibility index (Phi) is 7.15. The highest BCUT2D eigenvalue weighted by molar-refractivity contribution is 5.24. The number of rotatable bonds is 8. The molecule has 1 unspecified atom stereocenters. The lowest BCUT2D eigenvalue weighted by Gasteiger charge is -2.30. The molecule has 0 spiro atoms. The van der Waals surface area contributed by atoms with Gasteiger partial charge in [0.25, 0.3) is 0 Å². The number of allylic oxidation sites excluding steroid dienone is 4. The van der Waals surface area contributed by atoms with Gasteiger partial charge in [-0.3, -0.25) is 0 Å². The minimum Gasteiger partial charge on any atom is -0.390 e. The van der Waals surface area contributed by atoms with Crippen molar-refractivity contribution in [2.45, 2.75) is 78.9 Å². The van der Waals surface area contributed by atoms with E-state index in [0.717, 1.165) is 19.4 Å². The Morgan fingerprint density at radius 2 is 1.86 bits per heavy atom. The van der Waals surface area contributed by atoms with Gasteiger partial charge in [0.15, 0.2) is 0 Å². The lowest BCUT2D eigenvalue weighted by atomic mass is 9.84. The van der Waals surface area contributed by atoms with Gasteiger partial charge >= 0.3 is 0 Å². The fourth-order valence-electron chi connectivity index (χ4n) is 2.99. The molecule has 0 aliphatic heterocycles. The average molecular weight is 293 g/mol. The van der Waals surface area contributed by atoms with Crippen LogP contribution in [0.4, 0.5) is 0 Å². The maximum absolute atomic E-state index is 10.1. The second-order valence-electron chi connectivity index (χ2n) is 7.91. The van der Waals surface area contributed by atoms with Crippen molar-refractivity contribution in [1.29, 1.82) is 0 Å². The molecule has 0 aromatic rings. The number of hydrogen-bond donors (Lipinski definition) is 2. The first kappa shape index (κ1) is 18.4. The lowest BCUT2D eigenvalue weighted by molar-refractivity contribution is 0.0562. The summed E-state index contributed by atoms with van der Waals surface area (Å²) in [7, 11) is 0. The van der Waals surface area contributed by atoms with Crippen LogP contribution >= 0.6 is 0 Å². The summed E-state index contributed by atoms with van der Waals surface area (Å²) in [6.45, 7) is 13.8. The van der Waals surface area contributed by atoms with Crippen molar-refractivity contribution in [3.05, 3.63) is 23.3 Å². The zero-order valence-electron chi connectivity index (χ0n) is 14.9. The van der Waals surface area contributed by atoms with E-state index in [1.54, 1.807) is 5.57 Å². The molecule has 0 bridgehead atoms. The van der Waals surface area contributed by atoms with Gasteiger partial charge in [-0.15, -0.1) is 0 Å². The molecular formula is C19H35NO. The van der Waals surface area contributed by atoms with Crippen molar-refractivity contribution in [1.82, 2.24) is 5.32 Å². The van der Waals surface area contributed by atoms with Gasteiger partial charge in [-0.25, -0.2) is 0 Å². The third-order valence-corrected chi connectivity index (χ3v) is 4.22. The summed E-state index contributed by atoms with van der Waals surface area (Å²) in [6, 6.07) is 0.385. The highest BCUT2D eigenvalue weighted by Crippen LogP contribution is 2.28. The van der Waals surface area contributed by atoms with E-state index in [0.29, 0.717) is 17.9 Å². The average Bonchev–Trinajstić information content (AvgIpc) is 2.34. The SMILES string of the molecule is CC1=CC=C([C@@H](C)CC(CC(C)(C)O)NCC(C)C)CC1. The maximum Gasteiger partial charge on any atom is 0.0606 e. The molecule has 0 amide bonds. The molecule has 1 rings (SSSR count). The highest BCUT2D eigenvalue weighted by Gasteiger charge is 2.23. The zero-order valence-corrected chi connectivity index (χ0v) is 14.9. The molecule has 0 aromatic carbocycles. The van der Waals surface area contributed by atoms with Gasteiger partial charge in [-0.05, 0) is 64.8 Å². The topological polar surface area (TPSA) is 32.3 Å². The first-order valence-corrected chi connectivity index (χ1v) is 8.49. The normalized spacial score (nSPS) is 19.2. The van der Waals surface area contributed by atoms with E-state index in [1.165, 1.54) is 18.4 Å². The molecule has 1 aliphatic rings. The molecule has 1 aliphatic carbocycles. The molecule has 0 fully saturated rings. The van der Waals surface area contributed by atoms with Crippen LogP contribution in [-0.2, 0) is 0 Å². The summed E-state index contributed by atoms with van der Waals surface area (Å²) >= 11 is 0. The fraction of sp³-hybridized carbons (Fsp3) is 0.789. The van der Waals surface area contributed by atoms with Crippen LogP contribution in [-0.4, -0.2) is 23.3 Å². The van der Waals surface area contributed by atoms with E-state index in [9.17, 15) is 5.11 Å². The summed E-state index contributed by atoms with van der Waals surface area (Å²) in [4.78, 5) is 0. The van der Waals surface area contributed by atoms with Crippen LogP contribution in [0.25, 0.3) is 0 Å². The first-order valence-electron chi connectivity index (χ1n) is 8.49. The standard InChI is InChI=1S/C19H35NO/c1-14(2)13-20-18(12-19(5,6)21)11-16(4)17-9-7-15(3)8-10-17/h7,9,14,16,18,20-21H,8,10-13H2,1-6H3/t16-,18?/m0/s1. The van der Waals surface area contributed by atoms with Gasteiger partial charge in [0.2, 0.25) is 0 Å². The molecule has 122 valence electrons. The minimum absolute atomic E-state index is 0.385. The molecule has 2 N–H and O–H groups in total. The van der Waals surface area contributed by atoms with Gasteiger partial charge in [0.05, 0.1) is 5.60 Å². The third-order valence-electron chi connectivity index (χ3n) is 4.22. The fourth-order valence-corrected chi connectivity index (χ4v) is 2.99. The Labute approximate surface area is 131 Å². The second-order valence-corrected chi connectivity index (χ2v) is 7.91. The van der Waals surface area contributed by atoms with Gasteiger partial charge in [0.1, 0.15) is 0 Å². The Morgan fingerprint density at radius 3 is 2.33 bits per heavy atom. The molecule has 0 radical (unpaired) electrons. The predicted octanol–water partition coefficient (Wildman–Crippen LogP) is 4.45. The Hall–Kier alpha value is -0.600. The molecule has 2 nitrogen and oxygen atoms in total. The molecule has 0 aromatic heterocycles. The van der Waals surface area contributed by atoms with Crippen molar-refractivity contribution in [3.8, 4) is 0 Å². The van der Waals surface area contributed by atoms with Crippen molar-refractivity contribution >= 4 is 0 Å². The summed E-state index contributed by atoms with van der Waals surface area (Å²) in [6.07, 6.45) is 8.89. The summed E-state index contributed by atoms with van der Waals surface area (Å²) in [5.74, 6) is 1.23. The van der Waals surface area contributed by atoms with E-state index in [4.69, 9.17) is 0 Å². The second kappa shape index (κ2) is 8.14. The van der Waals surface area contributed by atoms with Gasteiger partial charge in [-0.2, -0.15) is 0 Å². The van der Waals surface area contributed by atoms with Gasteiger partial charge in [-0.1, -0.05) is 44.1 Å². The van der Waals surface area contributed by atoms with Crippen LogP contribution in [0.15, 0.2) is 23.3 Å². The molecule has 0 saturated carbocycles. The Bertz CT molecular complexity index is 374. The highest BCUT2D eigenvalue weighted by atomic mass is 16.3. The van der Waals surface area contributed by atoms with Crippen molar-refractivity contribution in [3.63, 3.8) is 0 Å². The molecule has 21 heavy (non-hydrogen) atoms. The number of nitrogens with one attached hydrogen (secondary N) is 1. The van der Waals surface area contributed by atoms with E-state index in [-0.39, 0.29) is 0 Å². The number of hydrogen-bond acceptors (Lipinski definition) is 2. The smallest absolute Gasteiger partial charge is 0.0606 e. The molecule has 0 saturated heterocycles. The van der Waals surface area contributed by atoms with Crippen LogP contribution in [0.2, 0.25) is 0 Å². The zero-order chi connectivity index (χ0) is 16.0. The Balaban J connectivity index is 2.62. The van der Waals surface area contributed by atoms with E-state index in [2.05, 4.69) is 45.2 Å². The monoisotopic (exact) mass is 293 g/mol. The van der Waals surface area contributed by atoms with Gasteiger partial charge in [0, 0.05) is 6.04 Å². The molecule has 2 atom stereocenters. The molecular weight excluding hydrogens is 258 g/mol. The van der Waals surface area contributed by atoms with Crippen LogP contribution in [0.5, 0.6) is 0 Å². The lowest BCUT2D eigenvalue weighted by Crippen LogP contribution is -2.39. The van der Waals surface area contributed by atoms with E-state index < -0.39 is 5.60 Å². The van der Waals surface area contributed by atoms with E-state index in [1.807, 2.05) is 13.8 Å². The van der Waals surface area contributed by atoms with Crippen molar-refractivity contribution in [2.24, 2.45) is 11.8 Å². The van der Waals surface area contributed by atoms with Crippen molar-refractivity contribution < 1.29 is 5.11 Å². The maximum atomic E-state index is 10.1. The number of aliphatic hydroxyl groups is 1.